The van der Waals surface area contributed by atoms with E-state index in [2.05, 4.69) is 9.98 Å². The van der Waals surface area contributed by atoms with Gasteiger partial charge in [-0.25, -0.2) is 0 Å². The number of hydrogen-bond acceptors (Lipinski definition) is 15. The standard InChI is InChI=1S/C20H24N2O4.Cu.3NO3.Nd/c1-3-25-17-9-5-7-15(19(17)23)13-21-11-12-22-14-16-8-6-10-18(20(16)24)26-4-2;;3*2-1(3)4;/h5-10,13-14,23-24H,3-4,11-12H2,1-2H3;;;;;/q;+2;3*-1;+3/p-2. The zero-order valence-electron chi connectivity index (χ0n) is 20.8. The van der Waals surface area contributed by atoms with Crippen LogP contribution in [-0.4, -0.2) is 54.0 Å². The molecule has 0 amide bonds. The normalized spacial score (nSPS) is 9.15. The summed E-state index contributed by atoms with van der Waals surface area (Å²) >= 11 is 0. The average molecular weight is 748 g/mol. The molecule has 2 aromatic carbocycles. The van der Waals surface area contributed by atoms with Crippen molar-refractivity contribution < 1.29 is 92.9 Å². The molecule has 0 aromatic heterocycles. The molecule has 18 nitrogen and oxygen atoms in total. The molecule has 2 radical (unpaired) electrons. The van der Waals surface area contributed by atoms with Gasteiger partial charge in [-0.3, -0.25) is 9.98 Å². The zero-order valence-corrected chi connectivity index (χ0v) is 24.9. The van der Waals surface area contributed by atoms with Gasteiger partial charge in [0.15, 0.2) is 0 Å². The van der Waals surface area contributed by atoms with Gasteiger partial charge in [0.2, 0.25) is 0 Å². The molecule has 0 atom stereocenters. The Morgan fingerprint density at radius 3 is 1.20 bits per heavy atom. The fraction of sp³-hybridized carbons (Fsp3) is 0.300. The Hall–Kier alpha value is -3.55. The van der Waals surface area contributed by atoms with Gasteiger partial charge in [-0.1, -0.05) is 35.8 Å². The van der Waals surface area contributed by atoms with Gasteiger partial charge in [-0.05, 0) is 37.1 Å². The second-order valence-corrected chi connectivity index (χ2v) is 5.96. The van der Waals surface area contributed by atoms with E-state index in [1.54, 1.807) is 36.4 Å². The molecule has 40 heavy (non-hydrogen) atoms. The van der Waals surface area contributed by atoms with Crippen molar-refractivity contribution in [1.82, 2.24) is 0 Å². The van der Waals surface area contributed by atoms with Crippen LogP contribution in [0.15, 0.2) is 46.4 Å². The summed E-state index contributed by atoms with van der Waals surface area (Å²) < 4.78 is 10.5. The summed E-state index contributed by atoms with van der Waals surface area (Å²) in [6, 6.07) is 10.2. The largest absolute Gasteiger partial charge is 3.00 e. The van der Waals surface area contributed by atoms with Crippen molar-refractivity contribution in [3.8, 4) is 23.0 Å². The van der Waals surface area contributed by atoms with Crippen LogP contribution in [0, 0.1) is 86.8 Å². The molecule has 0 saturated heterocycles. The third kappa shape index (κ3) is 24.8. The molecule has 0 aliphatic heterocycles. The molecule has 0 spiro atoms. The topological polar surface area (TPSA) is 288 Å². The maximum absolute atomic E-state index is 12.1. The van der Waals surface area contributed by atoms with Gasteiger partial charge in [-0.15, -0.1) is 0 Å². The zero-order chi connectivity index (χ0) is 29.5. The number of hydrogen-bond donors (Lipinski definition) is 0. The van der Waals surface area contributed by atoms with E-state index in [-0.39, 0.29) is 69.4 Å². The van der Waals surface area contributed by atoms with Crippen LogP contribution in [0.3, 0.4) is 0 Å². The van der Waals surface area contributed by atoms with Gasteiger partial charge in [0.25, 0.3) is 0 Å². The first-order chi connectivity index (χ1) is 17.9. The minimum atomic E-state index is -1.75. The number of nitrogens with zero attached hydrogens (tertiary/aromatic N) is 5. The fourth-order valence-corrected chi connectivity index (χ4v) is 2.25. The molecule has 0 N–H and O–H groups in total. The summed E-state index contributed by atoms with van der Waals surface area (Å²) in [6.45, 7) is 5.36. The number of rotatable bonds is 9. The molecular formula is C20H22CuN5NdO13. The first-order valence-electron chi connectivity index (χ1n) is 10.2. The second-order valence-electron chi connectivity index (χ2n) is 5.96. The monoisotopic (exact) mass is 745 g/mol. The number of aliphatic imine (C=N–C) groups is 2. The van der Waals surface area contributed by atoms with Crippen LogP contribution in [0.1, 0.15) is 25.0 Å². The molecule has 0 saturated carbocycles. The van der Waals surface area contributed by atoms with Crippen molar-refractivity contribution >= 4 is 12.4 Å². The summed E-state index contributed by atoms with van der Waals surface area (Å²) in [4.78, 5) is 33.2. The van der Waals surface area contributed by atoms with Gasteiger partial charge in [0.1, 0.15) is 11.5 Å². The van der Waals surface area contributed by atoms with Crippen LogP contribution >= 0.6 is 0 Å². The Morgan fingerprint density at radius 1 is 0.675 bits per heavy atom. The van der Waals surface area contributed by atoms with E-state index >= 15 is 0 Å². The Morgan fingerprint density at radius 2 is 0.950 bits per heavy atom. The van der Waals surface area contributed by atoms with Gasteiger partial charge in [0.05, 0.1) is 41.6 Å². The minimum absolute atomic E-state index is 0. The third-order valence-electron chi connectivity index (χ3n) is 3.44. The Bertz CT molecular complexity index is 971. The SMILES string of the molecule is CCOc1cccc(C=NCCN=Cc2cccc(OCC)c2[O-])c1[O-].O=[N+]([O-])[O-].O=[N+]([O-])[O-].O=[N+]([O-])[O-].[Cu+2].[Nd+3]. The van der Waals surface area contributed by atoms with Gasteiger partial charge in [0, 0.05) is 12.4 Å². The molecular weight excluding hydrogens is 726 g/mol. The van der Waals surface area contributed by atoms with E-state index in [1.165, 1.54) is 12.4 Å². The van der Waals surface area contributed by atoms with Crippen LogP contribution in [0.25, 0.3) is 0 Å². The second kappa shape index (κ2) is 27.0. The molecule has 2 rings (SSSR count). The number of benzene rings is 2. The van der Waals surface area contributed by atoms with Crippen LogP contribution < -0.4 is 19.7 Å². The molecule has 2 aromatic rings. The van der Waals surface area contributed by atoms with E-state index in [1.807, 2.05) is 13.8 Å². The van der Waals surface area contributed by atoms with Crippen molar-refractivity contribution in [3.63, 3.8) is 0 Å². The van der Waals surface area contributed by atoms with Gasteiger partial charge in [-0.2, -0.15) is 0 Å². The quantitative estimate of drug-likeness (QED) is 0.115. The van der Waals surface area contributed by atoms with Crippen molar-refractivity contribution in [3.05, 3.63) is 93.5 Å². The van der Waals surface area contributed by atoms with Crippen molar-refractivity contribution in [2.45, 2.75) is 13.8 Å². The van der Waals surface area contributed by atoms with Crippen molar-refractivity contribution in [2.24, 2.45) is 9.98 Å². The van der Waals surface area contributed by atoms with Gasteiger partial charge >= 0.3 is 57.9 Å². The summed E-state index contributed by atoms with van der Waals surface area (Å²) in [7, 11) is 0. The maximum atomic E-state index is 12.1. The molecule has 0 aliphatic rings. The minimum Gasteiger partial charge on any atom is -0.870 e. The van der Waals surface area contributed by atoms with Crippen LogP contribution in [0.2, 0.25) is 0 Å². The molecule has 0 heterocycles. The van der Waals surface area contributed by atoms with E-state index in [9.17, 15) is 10.2 Å². The maximum Gasteiger partial charge on any atom is 3.00 e. The molecule has 0 unspecified atom stereocenters. The first-order valence-corrected chi connectivity index (χ1v) is 10.2. The summed E-state index contributed by atoms with van der Waals surface area (Å²) in [6.07, 6.45) is 3.05. The molecule has 0 fully saturated rings. The van der Waals surface area contributed by atoms with Crippen LogP contribution in [0.4, 0.5) is 0 Å². The van der Waals surface area contributed by atoms with E-state index < -0.39 is 15.3 Å². The van der Waals surface area contributed by atoms with E-state index in [4.69, 9.17) is 55.4 Å². The van der Waals surface area contributed by atoms with Crippen molar-refractivity contribution in [2.75, 3.05) is 26.3 Å². The number of para-hydroxylation sites is 2. The smallest absolute Gasteiger partial charge is 0.870 e. The van der Waals surface area contributed by atoms with Gasteiger partial charge < -0.3 is 65.7 Å². The Kier molecular flexibility index (Phi) is 29.4. The third-order valence-corrected chi connectivity index (χ3v) is 3.44. The first kappa shape index (κ1) is 43.5. The Balaban J connectivity index is -0.000000392. The van der Waals surface area contributed by atoms with Crippen LogP contribution in [0.5, 0.6) is 23.0 Å². The molecule has 0 bridgehead atoms. The molecule has 20 heteroatoms. The van der Waals surface area contributed by atoms with Crippen LogP contribution in [-0.2, 0) is 17.1 Å². The predicted octanol–water partition coefficient (Wildman–Crippen LogP) is 1.45. The average Bonchev–Trinajstić information content (AvgIpc) is 2.80. The summed E-state index contributed by atoms with van der Waals surface area (Å²) in [5, 5.41) is 68.4. The summed E-state index contributed by atoms with van der Waals surface area (Å²) in [5.74, 6) is 0.300. The van der Waals surface area contributed by atoms with Crippen molar-refractivity contribution in [1.29, 1.82) is 0 Å². The van der Waals surface area contributed by atoms with E-state index in [0.717, 1.165) is 0 Å². The summed E-state index contributed by atoms with van der Waals surface area (Å²) in [5.41, 5.74) is 0.956. The van der Waals surface area contributed by atoms with E-state index in [0.29, 0.717) is 48.9 Å². The Labute approximate surface area is 270 Å². The molecule has 0 aliphatic carbocycles. The fourth-order valence-electron chi connectivity index (χ4n) is 2.25. The molecule has 220 valence electrons. The predicted molar refractivity (Wildman–Crippen MR) is 130 cm³/mol. The number of ether oxygens (including phenoxy) is 2.